The minimum absolute atomic E-state index is 0.000714. The predicted octanol–water partition coefficient (Wildman–Crippen LogP) is 7.44. The molecular formula is C72H81N9O17S. The number of ketones is 1. The molecular weight excluding hydrogens is 1290 g/mol. The second kappa shape index (κ2) is 29.0. The van der Waals surface area contributed by atoms with Crippen LogP contribution in [-0.2, 0) is 68.9 Å². The zero-order valence-electron chi connectivity index (χ0n) is 55.3. The van der Waals surface area contributed by atoms with Crippen molar-refractivity contribution in [2.24, 2.45) is 16.2 Å². The zero-order valence-corrected chi connectivity index (χ0v) is 56.1. The number of aromatic nitrogens is 4. The number of pyridine rings is 1. The number of hydrogen-bond donors (Lipinski definition) is 8. The highest BCUT2D eigenvalue weighted by atomic mass is 32.1. The molecule has 8 N–H and O–H groups in total. The third kappa shape index (κ3) is 15.7. The van der Waals surface area contributed by atoms with Gasteiger partial charge in [0.05, 0.1) is 47.9 Å². The Morgan fingerprint density at radius 2 is 1.59 bits per heavy atom. The molecule has 4 bridgehead atoms. The van der Waals surface area contributed by atoms with Gasteiger partial charge in [-0.05, 0) is 139 Å². The number of imide groups is 1. The van der Waals surface area contributed by atoms with Crippen molar-refractivity contribution in [1.82, 2.24) is 30.0 Å². The minimum Gasteiger partial charge on any atom is -0.479 e. The summed E-state index contributed by atoms with van der Waals surface area (Å²) in [6.07, 6.45) is 4.19. The topological polar surface area (TPSA) is 361 Å². The average molecular weight is 1380 g/mol. The van der Waals surface area contributed by atoms with Crippen molar-refractivity contribution in [3.05, 3.63) is 136 Å². The second-order valence-corrected chi connectivity index (χ2v) is 28.9. The Morgan fingerprint density at radius 1 is 0.808 bits per heavy atom. The molecule has 2 unspecified atom stereocenters. The largest absolute Gasteiger partial charge is 0.479 e. The van der Waals surface area contributed by atoms with Crippen LogP contribution in [0.2, 0.25) is 0 Å². The molecule has 3 aliphatic heterocycles. The summed E-state index contributed by atoms with van der Waals surface area (Å²) in [5.74, 6) is -4.20. The Morgan fingerprint density at radius 3 is 2.34 bits per heavy atom. The van der Waals surface area contributed by atoms with Crippen LogP contribution in [0.5, 0.6) is 0 Å². The summed E-state index contributed by atoms with van der Waals surface area (Å²) in [6, 6.07) is 21.9. The van der Waals surface area contributed by atoms with Crippen molar-refractivity contribution < 1.29 is 82.8 Å². The van der Waals surface area contributed by atoms with E-state index in [1.807, 2.05) is 65.0 Å². The fourth-order valence-corrected chi connectivity index (χ4v) is 17.5. The maximum atomic E-state index is 13.8. The number of thiazole rings is 1. The number of carbonyl (C=O) groups excluding carboxylic acids is 6. The Kier molecular flexibility index (Phi) is 20.5. The van der Waals surface area contributed by atoms with Gasteiger partial charge in [-0.25, -0.2) is 24.4 Å². The van der Waals surface area contributed by atoms with Crippen LogP contribution >= 0.6 is 11.3 Å². The van der Waals surface area contributed by atoms with Gasteiger partial charge in [0, 0.05) is 98.6 Å². The fraction of sp³-hybridized carbons (Fsp3) is 0.458. The van der Waals surface area contributed by atoms with E-state index in [0.29, 0.717) is 78.0 Å². The van der Waals surface area contributed by atoms with Crippen LogP contribution in [0.25, 0.3) is 27.4 Å². The molecule has 99 heavy (non-hydrogen) atoms. The van der Waals surface area contributed by atoms with Crippen LogP contribution in [0, 0.1) is 23.2 Å². The fourth-order valence-electron chi connectivity index (χ4n) is 16.6. The number of amides is 5. The number of benzene rings is 3. The summed E-state index contributed by atoms with van der Waals surface area (Å²) in [4.78, 5) is 113. The lowest BCUT2D eigenvalue weighted by Gasteiger charge is -2.69. The first-order valence-electron chi connectivity index (χ1n) is 33.4. The van der Waals surface area contributed by atoms with Crippen molar-refractivity contribution in [1.29, 1.82) is 0 Å². The van der Waals surface area contributed by atoms with Gasteiger partial charge in [0.2, 0.25) is 5.91 Å². The molecule has 0 spiro atoms. The number of rotatable bonds is 28. The number of carboxylic acids is 2. The number of carbonyl (C=O) groups is 8. The monoisotopic (exact) mass is 1380 g/mol. The van der Waals surface area contributed by atoms with Gasteiger partial charge in [-0.3, -0.25) is 38.9 Å². The highest BCUT2D eigenvalue weighted by Crippen LogP contribution is 2.72. The first-order valence-corrected chi connectivity index (χ1v) is 34.2. The quantitative estimate of drug-likeness (QED) is 0.0175. The standard InChI is InChI=1S/C72H81N9O17S/c1-42-49(47-18-19-55(77-59(47)65(90)91)79-25-22-44-10-6-12-48(50(44)34-79)64(89)78-67-76-51-13-4-5-14-54(51)99-67)33-74-81(42)41-71-36-69(2)35-70(3,37-71)39-72(38-69,40-71)97-30-29-95-28-24-73-68(94)96-27-8-9-43-16-17-45(32-53-60(86)61(87)62(88)63(98-53)66(92)93)52(31-43)75-56(83)15-7-11-46(82)23-26-80-57(84)20-21-58(80)85/h4-6,8-10,12-14,16-21,31,33,53,60-63,86-88H,7,11,15,22-30,32,34-41H2,1-3H3,(H,73,94)(H,75,83)(H,90,91)(H,92,93)(H,76,78,89)/b9-8+/t53-,60-,61+,62-,63-,69?,70?,71?,72?/m0/s1. The van der Waals surface area contributed by atoms with Gasteiger partial charge >= 0.3 is 18.0 Å². The molecule has 6 aromatic rings. The number of Topliss-reactive ketones (excluding diaryl/α,β-unsaturated/α-hetero) is 1. The van der Waals surface area contributed by atoms with Crippen LogP contribution in [0.3, 0.4) is 0 Å². The number of nitrogens with one attached hydrogen (secondary N) is 3. The van der Waals surface area contributed by atoms with Gasteiger partial charge in [-0.15, -0.1) is 0 Å². The number of hydrogen-bond acceptors (Lipinski definition) is 20. The summed E-state index contributed by atoms with van der Waals surface area (Å²) >= 11 is 1.41. The highest BCUT2D eigenvalue weighted by Gasteiger charge is 2.66. The van der Waals surface area contributed by atoms with E-state index in [0.717, 1.165) is 82.6 Å². The number of alkyl carbamates (subject to hydrolysis) is 1. The van der Waals surface area contributed by atoms with E-state index in [-0.39, 0.29) is 103 Å². The number of fused-ring (bicyclic) bond motifs is 2. The molecule has 4 saturated carbocycles. The number of anilines is 3. The Bertz CT molecular complexity index is 4130. The molecule has 26 nitrogen and oxygen atoms in total. The van der Waals surface area contributed by atoms with Crippen molar-refractivity contribution >= 4 is 91.7 Å². The summed E-state index contributed by atoms with van der Waals surface area (Å²) in [6.45, 7) is 9.11. The van der Waals surface area contributed by atoms with E-state index in [1.54, 1.807) is 42.6 Å². The normalized spacial score (nSPS) is 25.3. The number of nitrogens with zero attached hydrogens (tertiary/aromatic N) is 6. The lowest BCUT2D eigenvalue weighted by molar-refractivity contribution is -0.250. The highest BCUT2D eigenvalue weighted by molar-refractivity contribution is 7.22. The second-order valence-electron chi connectivity index (χ2n) is 27.9. The number of carboxylic acid groups (broad SMARTS) is 2. The van der Waals surface area contributed by atoms with Gasteiger partial charge < -0.3 is 60.0 Å². The SMILES string of the molecule is Cc1c(-c2ccc(N3CCc4cccc(C(=O)Nc5nc6ccccc6s5)c4C3)nc2C(=O)O)cnn1CC12CC3(C)CC(C)(C1)CC(OCCOCCNC(=O)OC/C=C/c1ccc(C[C@@H]4O[C@H](C(=O)O)[C@@H](O)[C@H](O)[C@H]4O)c(NC(=O)CCCC(=O)CCN4C(=O)C=CC4=O)c1)(C3)C2. The predicted molar refractivity (Wildman–Crippen MR) is 363 cm³/mol. The number of aliphatic hydroxyl groups excluding tert-OH is 3. The molecule has 522 valence electrons. The third-order valence-corrected chi connectivity index (χ3v) is 20.9. The van der Waals surface area contributed by atoms with Crippen LogP contribution in [-0.4, -0.2) is 180 Å². The van der Waals surface area contributed by atoms with E-state index in [9.17, 15) is 63.9 Å². The molecule has 13 rings (SSSR count). The van der Waals surface area contributed by atoms with Crippen LogP contribution in [0.1, 0.15) is 127 Å². The maximum absolute atomic E-state index is 13.8. The average Bonchev–Trinajstić information content (AvgIpc) is 1.45. The van der Waals surface area contributed by atoms with Crippen molar-refractivity contribution in [2.45, 2.75) is 147 Å². The molecule has 6 heterocycles. The molecule has 5 fully saturated rings. The smallest absolute Gasteiger partial charge is 0.407 e. The number of para-hydroxylation sites is 1. The van der Waals surface area contributed by atoms with Crippen molar-refractivity contribution in [3.8, 4) is 11.1 Å². The summed E-state index contributed by atoms with van der Waals surface area (Å²) in [5, 5.41) is 65.7. The van der Waals surface area contributed by atoms with Crippen LogP contribution in [0.15, 0.2) is 97.2 Å². The van der Waals surface area contributed by atoms with Gasteiger partial charge in [0.1, 0.15) is 36.5 Å². The number of aliphatic carboxylic acids is 1. The van der Waals surface area contributed by atoms with Gasteiger partial charge in [0.15, 0.2) is 16.9 Å². The van der Waals surface area contributed by atoms with Gasteiger partial charge in [-0.2, -0.15) is 5.10 Å². The van der Waals surface area contributed by atoms with Crippen molar-refractivity contribution in [2.75, 3.05) is 61.6 Å². The van der Waals surface area contributed by atoms with Crippen LogP contribution in [0.4, 0.5) is 21.4 Å². The Balaban J connectivity index is 0.611. The summed E-state index contributed by atoms with van der Waals surface area (Å²) in [7, 11) is 0. The van der Waals surface area contributed by atoms with E-state index in [2.05, 4.69) is 34.8 Å². The molecule has 0 radical (unpaired) electrons. The van der Waals surface area contributed by atoms with Crippen LogP contribution < -0.4 is 20.9 Å². The lowest BCUT2D eigenvalue weighted by atomic mass is 9.39. The molecule has 7 atom stereocenters. The molecule has 1 saturated heterocycles. The van der Waals surface area contributed by atoms with E-state index >= 15 is 0 Å². The first-order chi connectivity index (χ1) is 47.4. The minimum atomic E-state index is -1.90. The third-order valence-electron chi connectivity index (χ3n) is 19.9. The summed E-state index contributed by atoms with van der Waals surface area (Å²) in [5.41, 5.74) is 5.89. The first kappa shape index (κ1) is 69.8. The van der Waals surface area contributed by atoms with E-state index in [1.165, 1.54) is 11.3 Å². The maximum Gasteiger partial charge on any atom is 0.407 e. The van der Waals surface area contributed by atoms with E-state index in [4.69, 9.17) is 29.0 Å². The molecule has 27 heteroatoms. The molecule has 7 aliphatic rings. The van der Waals surface area contributed by atoms with Gasteiger partial charge in [-0.1, -0.05) is 67.7 Å². The zero-order chi connectivity index (χ0) is 70.0. The Labute approximate surface area is 574 Å². The Hall–Kier alpha value is -9.09. The summed E-state index contributed by atoms with van der Waals surface area (Å²) < 4.78 is 26.7. The van der Waals surface area contributed by atoms with Crippen molar-refractivity contribution in [3.63, 3.8) is 0 Å². The number of aromatic carboxylic acids is 1. The van der Waals surface area contributed by atoms with E-state index < -0.39 is 66.3 Å². The number of aliphatic hydroxyl groups is 3. The molecule has 3 aromatic carbocycles. The molecule has 4 aliphatic carbocycles. The molecule has 3 aromatic heterocycles. The number of ether oxygens (including phenoxy) is 4. The lowest BCUT2D eigenvalue weighted by Crippen LogP contribution is -2.64. The molecule has 5 amide bonds. The van der Waals surface area contributed by atoms with Gasteiger partial charge in [0.25, 0.3) is 17.7 Å².